The van der Waals surface area contributed by atoms with Gasteiger partial charge in [-0.2, -0.15) is 0 Å². The summed E-state index contributed by atoms with van der Waals surface area (Å²) in [6.45, 7) is 3.43. The lowest BCUT2D eigenvalue weighted by Gasteiger charge is -2.14. The van der Waals surface area contributed by atoms with Gasteiger partial charge in [-0.1, -0.05) is 22.0 Å². The van der Waals surface area contributed by atoms with Crippen molar-refractivity contribution in [3.63, 3.8) is 0 Å². The van der Waals surface area contributed by atoms with Crippen LogP contribution < -0.4 is 10.5 Å². The van der Waals surface area contributed by atoms with E-state index in [1.165, 1.54) is 0 Å². The van der Waals surface area contributed by atoms with Gasteiger partial charge in [0.15, 0.2) is 0 Å². The van der Waals surface area contributed by atoms with Crippen LogP contribution in [0.1, 0.15) is 31.4 Å². The van der Waals surface area contributed by atoms with Crippen molar-refractivity contribution in [3.8, 4) is 5.75 Å². The molecule has 4 heteroatoms. The first-order valence-corrected chi connectivity index (χ1v) is 6.61. The second-order valence-electron chi connectivity index (χ2n) is 4.02. The molecule has 0 bridgehead atoms. The van der Waals surface area contributed by atoms with Crippen molar-refractivity contribution in [2.75, 3.05) is 20.3 Å². The van der Waals surface area contributed by atoms with Crippen LogP contribution in [0.15, 0.2) is 22.7 Å². The van der Waals surface area contributed by atoms with Gasteiger partial charge in [0.1, 0.15) is 5.75 Å². The van der Waals surface area contributed by atoms with E-state index >= 15 is 0 Å². The predicted molar refractivity (Wildman–Crippen MR) is 73.3 cm³/mol. The highest BCUT2D eigenvalue weighted by Gasteiger charge is 2.08. The third-order valence-electron chi connectivity index (χ3n) is 2.47. The molecular formula is C13H20BrNO2. The minimum absolute atomic E-state index is 0.0166. The van der Waals surface area contributed by atoms with Crippen molar-refractivity contribution in [3.05, 3.63) is 28.2 Å². The van der Waals surface area contributed by atoms with Crippen LogP contribution in [-0.4, -0.2) is 20.3 Å². The van der Waals surface area contributed by atoms with Crippen LogP contribution in [0, 0.1) is 0 Å². The number of methoxy groups -OCH3 is 1. The van der Waals surface area contributed by atoms with Gasteiger partial charge in [0.25, 0.3) is 0 Å². The Kier molecular flexibility index (Phi) is 6.55. The molecule has 0 saturated carbocycles. The first kappa shape index (κ1) is 14.5. The molecule has 17 heavy (non-hydrogen) atoms. The largest absolute Gasteiger partial charge is 0.493 e. The monoisotopic (exact) mass is 301 g/mol. The number of hydrogen-bond acceptors (Lipinski definition) is 3. The highest BCUT2D eigenvalue weighted by molar-refractivity contribution is 9.10. The number of unbranched alkanes of at least 4 members (excludes halogenated alkanes) is 1. The molecule has 2 N–H and O–H groups in total. The maximum atomic E-state index is 5.90. The molecule has 3 nitrogen and oxygen atoms in total. The average Bonchev–Trinajstić information content (AvgIpc) is 2.28. The van der Waals surface area contributed by atoms with E-state index in [0.29, 0.717) is 6.61 Å². The molecule has 96 valence electrons. The van der Waals surface area contributed by atoms with E-state index in [9.17, 15) is 0 Å². The number of ether oxygens (including phenoxy) is 2. The Morgan fingerprint density at radius 1 is 1.29 bits per heavy atom. The summed E-state index contributed by atoms with van der Waals surface area (Å²) in [6.07, 6.45) is 2.00. The fraction of sp³-hybridized carbons (Fsp3) is 0.538. The van der Waals surface area contributed by atoms with Gasteiger partial charge in [0.2, 0.25) is 0 Å². The van der Waals surface area contributed by atoms with Crippen molar-refractivity contribution in [2.45, 2.75) is 25.8 Å². The zero-order chi connectivity index (χ0) is 12.7. The van der Waals surface area contributed by atoms with Crippen LogP contribution in [0.5, 0.6) is 5.75 Å². The van der Waals surface area contributed by atoms with Crippen LogP contribution in [0.3, 0.4) is 0 Å². The molecule has 0 heterocycles. The number of hydrogen-bond donors (Lipinski definition) is 1. The quantitative estimate of drug-likeness (QED) is 0.786. The fourth-order valence-corrected chi connectivity index (χ4v) is 1.88. The molecule has 0 saturated heterocycles. The minimum Gasteiger partial charge on any atom is -0.493 e. The van der Waals surface area contributed by atoms with Gasteiger partial charge in [0, 0.05) is 29.8 Å². The zero-order valence-corrected chi connectivity index (χ0v) is 12.0. The van der Waals surface area contributed by atoms with Crippen LogP contribution in [0.25, 0.3) is 0 Å². The third-order valence-corrected chi connectivity index (χ3v) is 2.96. The van der Waals surface area contributed by atoms with Crippen molar-refractivity contribution in [2.24, 2.45) is 5.73 Å². The Morgan fingerprint density at radius 3 is 2.65 bits per heavy atom. The molecule has 0 fully saturated rings. The van der Waals surface area contributed by atoms with E-state index < -0.39 is 0 Å². The molecule has 0 aromatic heterocycles. The highest BCUT2D eigenvalue weighted by atomic mass is 79.9. The Labute approximate surface area is 111 Å². The van der Waals surface area contributed by atoms with Gasteiger partial charge < -0.3 is 15.2 Å². The highest BCUT2D eigenvalue weighted by Crippen LogP contribution is 2.27. The summed E-state index contributed by atoms with van der Waals surface area (Å²) in [5.74, 6) is 0.867. The summed E-state index contributed by atoms with van der Waals surface area (Å²) in [5, 5.41) is 0. The van der Waals surface area contributed by atoms with Gasteiger partial charge in [-0.15, -0.1) is 0 Å². The van der Waals surface area contributed by atoms with E-state index in [4.69, 9.17) is 15.2 Å². The lowest BCUT2D eigenvalue weighted by Crippen LogP contribution is -2.09. The average molecular weight is 302 g/mol. The molecule has 1 aromatic carbocycles. The van der Waals surface area contributed by atoms with Crippen LogP contribution in [-0.2, 0) is 4.74 Å². The molecule has 0 aliphatic carbocycles. The Bertz CT molecular complexity index is 342. The van der Waals surface area contributed by atoms with E-state index in [0.717, 1.165) is 35.2 Å². The maximum Gasteiger partial charge on any atom is 0.125 e. The van der Waals surface area contributed by atoms with Crippen LogP contribution >= 0.6 is 15.9 Å². The SMILES string of the molecule is COCCCCOc1cc(Br)ccc1[C@H](C)N. The molecule has 1 atom stereocenters. The number of halogens is 1. The standard InChI is InChI=1S/C13H20BrNO2/c1-10(15)12-6-5-11(14)9-13(12)17-8-4-3-7-16-2/h5-6,9-10H,3-4,7-8,15H2,1-2H3/t10-/m0/s1. The molecule has 0 aliphatic heterocycles. The van der Waals surface area contributed by atoms with Crippen molar-refractivity contribution in [1.82, 2.24) is 0 Å². The van der Waals surface area contributed by atoms with Gasteiger partial charge in [-0.05, 0) is 31.9 Å². The van der Waals surface area contributed by atoms with Crippen molar-refractivity contribution < 1.29 is 9.47 Å². The topological polar surface area (TPSA) is 44.5 Å². The Balaban J connectivity index is 2.53. The molecule has 0 aliphatic rings. The van der Waals surface area contributed by atoms with Crippen molar-refractivity contribution >= 4 is 15.9 Å². The number of nitrogens with two attached hydrogens (primary N) is 1. The van der Waals surface area contributed by atoms with Gasteiger partial charge in [0.05, 0.1) is 6.61 Å². The molecule has 0 amide bonds. The van der Waals surface area contributed by atoms with Crippen LogP contribution in [0.2, 0.25) is 0 Å². The Hall–Kier alpha value is -0.580. The number of benzene rings is 1. The Morgan fingerprint density at radius 2 is 2.00 bits per heavy atom. The summed E-state index contributed by atoms with van der Waals surface area (Å²) in [5.41, 5.74) is 6.94. The molecule has 0 spiro atoms. The van der Waals surface area contributed by atoms with E-state index in [-0.39, 0.29) is 6.04 Å². The van der Waals surface area contributed by atoms with Gasteiger partial charge >= 0.3 is 0 Å². The molecule has 1 aromatic rings. The smallest absolute Gasteiger partial charge is 0.125 e. The lowest BCUT2D eigenvalue weighted by molar-refractivity contribution is 0.184. The minimum atomic E-state index is -0.0166. The number of rotatable bonds is 7. The maximum absolute atomic E-state index is 5.90. The van der Waals surface area contributed by atoms with Gasteiger partial charge in [-0.3, -0.25) is 0 Å². The third kappa shape index (κ3) is 5.06. The normalized spacial score (nSPS) is 12.5. The van der Waals surface area contributed by atoms with E-state index in [2.05, 4.69) is 15.9 Å². The van der Waals surface area contributed by atoms with E-state index in [1.54, 1.807) is 7.11 Å². The summed E-state index contributed by atoms with van der Waals surface area (Å²) in [6, 6.07) is 5.93. The summed E-state index contributed by atoms with van der Waals surface area (Å²) < 4.78 is 11.8. The fourth-order valence-electron chi connectivity index (χ4n) is 1.54. The zero-order valence-electron chi connectivity index (χ0n) is 10.4. The van der Waals surface area contributed by atoms with Gasteiger partial charge in [-0.25, -0.2) is 0 Å². The second kappa shape index (κ2) is 7.69. The first-order valence-electron chi connectivity index (χ1n) is 5.82. The molecule has 0 unspecified atom stereocenters. The summed E-state index contributed by atoms with van der Waals surface area (Å²) in [4.78, 5) is 0. The van der Waals surface area contributed by atoms with Crippen molar-refractivity contribution in [1.29, 1.82) is 0 Å². The lowest BCUT2D eigenvalue weighted by atomic mass is 10.1. The molecule has 0 radical (unpaired) electrons. The van der Waals surface area contributed by atoms with E-state index in [1.807, 2.05) is 25.1 Å². The first-order chi connectivity index (χ1) is 8.15. The summed E-state index contributed by atoms with van der Waals surface area (Å²) >= 11 is 3.44. The van der Waals surface area contributed by atoms with Crippen LogP contribution in [0.4, 0.5) is 0 Å². The molecular weight excluding hydrogens is 282 g/mol. The summed E-state index contributed by atoms with van der Waals surface area (Å²) in [7, 11) is 1.71. The second-order valence-corrected chi connectivity index (χ2v) is 4.93. The predicted octanol–water partition coefficient (Wildman–Crippen LogP) is 3.27. The molecule has 1 rings (SSSR count).